The number of hydrogen-bond acceptors (Lipinski definition) is 3. The first-order chi connectivity index (χ1) is 14.7. The van der Waals surface area contributed by atoms with Crippen molar-refractivity contribution in [3.8, 4) is 5.75 Å². The molecular formula is C25H33FN2O3. The standard InChI is InChI=1S/C25H33FN2O3/c1-6-18(4)27-25(30)19(5)28(15-20-7-11-22(26)12-8-20)24(29)16-31-23-13-9-21(10-14-23)17(2)3/h7-14,17-19H,6,15-16H2,1-5H3,(H,27,30)/t18-,19-/m1/s1. The fourth-order valence-corrected chi connectivity index (χ4v) is 3.01. The van der Waals surface area contributed by atoms with Crippen LogP contribution in [-0.4, -0.2) is 35.4 Å². The summed E-state index contributed by atoms with van der Waals surface area (Å²) in [5.41, 5.74) is 1.92. The second-order valence-electron chi connectivity index (χ2n) is 8.15. The first kappa shape index (κ1) is 24.4. The maximum absolute atomic E-state index is 13.3. The van der Waals surface area contributed by atoms with Crippen molar-refractivity contribution in [1.29, 1.82) is 0 Å². The molecule has 6 heteroatoms. The van der Waals surface area contributed by atoms with Gasteiger partial charge in [0.25, 0.3) is 5.91 Å². The molecule has 2 aromatic rings. The lowest BCUT2D eigenvalue weighted by Crippen LogP contribution is -2.50. The molecule has 2 atom stereocenters. The van der Waals surface area contributed by atoms with Crippen LogP contribution >= 0.6 is 0 Å². The molecule has 0 aliphatic carbocycles. The summed E-state index contributed by atoms with van der Waals surface area (Å²) in [5.74, 6) is 0.107. The van der Waals surface area contributed by atoms with Crippen molar-refractivity contribution in [3.63, 3.8) is 0 Å². The smallest absolute Gasteiger partial charge is 0.261 e. The Bertz CT molecular complexity index is 850. The van der Waals surface area contributed by atoms with Gasteiger partial charge in [-0.3, -0.25) is 9.59 Å². The molecule has 0 aromatic heterocycles. The van der Waals surface area contributed by atoms with Crippen molar-refractivity contribution < 1.29 is 18.7 Å². The van der Waals surface area contributed by atoms with Gasteiger partial charge in [-0.05, 0) is 61.6 Å². The summed E-state index contributed by atoms with van der Waals surface area (Å²) in [5, 5.41) is 2.92. The Hall–Kier alpha value is -2.89. The fraction of sp³-hybridized carbons (Fsp3) is 0.440. The van der Waals surface area contributed by atoms with Gasteiger partial charge in [0.2, 0.25) is 5.91 Å². The molecule has 1 N–H and O–H groups in total. The van der Waals surface area contributed by atoms with Gasteiger partial charge in [0.05, 0.1) is 0 Å². The zero-order chi connectivity index (χ0) is 23.0. The highest BCUT2D eigenvalue weighted by Crippen LogP contribution is 2.19. The molecule has 0 fully saturated rings. The van der Waals surface area contributed by atoms with Crippen molar-refractivity contribution in [2.75, 3.05) is 6.61 Å². The zero-order valence-corrected chi connectivity index (χ0v) is 19.0. The lowest BCUT2D eigenvalue weighted by molar-refractivity contribution is -0.142. The number of nitrogens with zero attached hydrogens (tertiary/aromatic N) is 1. The monoisotopic (exact) mass is 428 g/mol. The van der Waals surface area contributed by atoms with E-state index in [-0.39, 0.29) is 36.8 Å². The number of carbonyl (C=O) groups excluding carboxylic acids is 2. The number of ether oxygens (including phenoxy) is 1. The molecule has 0 radical (unpaired) electrons. The highest BCUT2D eigenvalue weighted by molar-refractivity contribution is 5.88. The number of halogens is 1. The van der Waals surface area contributed by atoms with E-state index in [4.69, 9.17) is 4.74 Å². The lowest BCUT2D eigenvalue weighted by Gasteiger charge is -2.29. The summed E-state index contributed by atoms with van der Waals surface area (Å²) in [7, 11) is 0. The quantitative estimate of drug-likeness (QED) is 0.599. The number of hydrogen-bond donors (Lipinski definition) is 1. The van der Waals surface area contributed by atoms with Gasteiger partial charge in [-0.2, -0.15) is 0 Å². The van der Waals surface area contributed by atoms with Crippen LogP contribution in [0.5, 0.6) is 5.75 Å². The van der Waals surface area contributed by atoms with Gasteiger partial charge in [0.1, 0.15) is 17.6 Å². The molecule has 2 aromatic carbocycles. The number of nitrogens with one attached hydrogen (secondary N) is 1. The van der Waals surface area contributed by atoms with Crippen molar-refractivity contribution in [2.45, 2.75) is 65.6 Å². The fourth-order valence-electron chi connectivity index (χ4n) is 3.01. The van der Waals surface area contributed by atoms with Crippen LogP contribution in [0, 0.1) is 5.82 Å². The second kappa shape index (κ2) is 11.5. The molecule has 0 bridgehead atoms. The normalized spacial score (nSPS) is 12.9. The average molecular weight is 429 g/mol. The summed E-state index contributed by atoms with van der Waals surface area (Å²) in [6.07, 6.45) is 0.792. The van der Waals surface area contributed by atoms with Crippen molar-refractivity contribution in [3.05, 3.63) is 65.5 Å². The molecule has 0 heterocycles. The third kappa shape index (κ3) is 7.39. The van der Waals surface area contributed by atoms with Gasteiger partial charge in [0, 0.05) is 12.6 Å². The predicted molar refractivity (Wildman–Crippen MR) is 120 cm³/mol. The predicted octanol–water partition coefficient (Wildman–Crippen LogP) is 4.66. The highest BCUT2D eigenvalue weighted by Gasteiger charge is 2.27. The largest absolute Gasteiger partial charge is 0.484 e. The summed E-state index contributed by atoms with van der Waals surface area (Å²) < 4.78 is 19.0. The zero-order valence-electron chi connectivity index (χ0n) is 19.0. The average Bonchev–Trinajstić information content (AvgIpc) is 2.76. The van der Waals surface area contributed by atoms with Crippen LogP contribution in [0.3, 0.4) is 0 Å². The SMILES string of the molecule is CC[C@@H](C)NC(=O)[C@@H](C)N(Cc1ccc(F)cc1)C(=O)COc1ccc(C(C)C)cc1. The molecule has 0 saturated heterocycles. The maximum Gasteiger partial charge on any atom is 0.261 e. The van der Waals surface area contributed by atoms with Crippen molar-refractivity contribution in [2.24, 2.45) is 0 Å². The van der Waals surface area contributed by atoms with Crippen LogP contribution in [0.25, 0.3) is 0 Å². The van der Waals surface area contributed by atoms with Gasteiger partial charge in [-0.25, -0.2) is 4.39 Å². The Labute approximate surface area is 184 Å². The Kier molecular flexibility index (Phi) is 9.03. The van der Waals surface area contributed by atoms with E-state index in [1.54, 1.807) is 19.1 Å². The van der Waals surface area contributed by atoms with Gasteiger partial charge >= 0.3 is 0 Å². The molecule has 31 heavy (non-hydrogen) atoms. The molecule has 5 nitrogen and oxygen atoms in total. The third-order valence-corrected chi connectivity index (χ3v) is 5.34. The van der Waals surface area contributed by atoms with Gasteiger partial charge in [-0.15, -0.1) is 0 Å². The molecule has 0 aliphatic rings. The maximum atomic E-state index is 13.3. The molecule has 0 aliphatic heterocycles. The number of carbonyl (C=O) groups is 2. The summed E-state index contributed by atoms with van der Waals surface area (Å²) in [6.45, 7) is 9.80. The molecular weight excluding hydrogens is 395 g/mol. The Balaban J connectivity index is 2.12. The molecule has 168 valence electrons. The summed E-state index contributed by atoms with van der Waals surface area (Å²) >= 11 is 0. The van der Waals surface area contributed by atoms with Crippen LogP contribution in [0.1, 0.15) is 58.1 Å². The van der Waals surface area contributed by atoms with Crippen LogP contribution in [0.15, 0.2) is 48.5 Å². The lowest BCUT2D eigenvalue weighted by atomic mass is 10.0. The number of rotatable bonds is 10. The number of amides is 2. The van der Waals surface area contributed by atoms with E-state index in [9.17, 15) is 14.0 Å². The highest BCUT2D eigenvalue weighted by atomic mass is 19.1. The molecule has 0 spiro atoms. The van der Waals surface area contributed by atoms with E-state index in [1.807, 2.05) is 38.1 Å². The van der Waals surface area contributed by atoms with Crippen LogP contribution in [0.2, 0.25) is 0 Å². The minimum atomic E-state index is -0.696. The topological polar surface area (TPSA) is 58.6 Å². The minimum absolute atomic E-state index is 0.00782. The molecule has 2 rings (SSSR count). The molecule has 2 amide bonds. The molecule has 0 saturated carbocycles. The summed E-state index contributed by atoms with van der Waals surface area (Å²) in [6, 6.07) is 12.8. The number of benzene rings is 2. The first-order valence-electron chi connectivity index (χ1n) is 10.8. The Morgan fingerprint density at radius 2 is 1.61 bits per heavy atom. The van der Waals surface area contributed by atoms with E-state index in [0.29, 0.717) is 11.7 Å². The second-order valence-corrected chi connectivity index (χ2v) is 8.15. The van der Waals surface area contributed by atoms with Crippen molar-refractivity contribution in [1.82, 2.24) is 10.2 Å². The van der Waals surface area contributed by atoms with E-state index >= 15 is 0 Å². The third-order valence-electron chi connectivity index (χ3n) is 5.34. The van der Waals surface area contributed by atoms with Crippen LogP contribution in [-0.2, 0) is 16.1 Å². The van der Waals surface area contributed by atoms with E-state index in [2.05, 4.69) is 19.2 Å². The first-order valence-corrected chi connectivity index (χ1v) is 10.8. The van der Waals surface area contributed by atoms with Gasteiger partial charge in [0.15, 0.2) is 6.61 Å². The van der Waals surface area contributed by atoms with E-state index in [1.165, 1.54) is 22.6 Å². The van der Waals surface area contributed by atoms with E-state index in [0.717, 1.165) is 12.0 Å². The van der Waals surface area contributed by atoms with Gasteiger partial charge < -0.3 is 15.0 Å². The Morgan fingerprint density at radius 1 is 1.00 bits per heavy atom. The summed E-state index contributed by atoms with van der Waals surface area (Å²) in [4.78, 5) is 27.1. The van der Waals surface area contributed by atoms with Crippen LogP contribution in [0.4, 0.5) is 4.39 Å². The van der Waals surface area contributed by atoms with Gasteiger partial charge in [-0.1, -0.05) is 45.0 Å². The van der Waals surface area contributed by atoms with Crippen LogP contribution < -0.4 is 10.1 Å². The molecule has 0 unspecified atom stereocenters. The van der Waals surface area contributed by atoms with E-state index < -0.39 is 6.04 Å². The Morgan fingerprint density at radius 3 is 2.16 bits per heavy atom. The minimum Gasteiger partial charge on any atom is -0.484 e. The van der Waals surface area contributed by atoms with Crippen molar-refractivity contribution >= 4 is 11.8 Å².